The predicted octanol–water partition coefficient (Wildman–Crippen LogP) is 4.10. The van der Waals surface area contributed by atoms with Gasteiger partial charge in [-0.1, -0.05) is 29.8 Å². The van der Waals surface area contributed by atoms with Crippen LogP contribution in [0.1, 0.15) is 12.8 Å². The van der Waals surface area contributed by atoms with Crippen molar-refractivity contribution >= 4 is 46.6 Å². The molecule has 4 rings (SSSR count). The number of anilines is 1. The molecule has 1 aliphatic heterocycles. The molecule has 0 radical (unpaired) electrons. The average Bonchev–Trinajstić information content (AvgIpc) is 3.51. The molecule has 2 aromatic carbocycles. The normalized spacial score (nSPS) is 19.0. The molecule has 0 aromatic heterocycles. The summed E-state index contributed by atoms with van der Waals surface area (Å²) in [7, 11) is 0. The third-order valence-electron chi connectivity index (χ3n) is 5.82. The molecule has 0 bridgehead atoms. The van der Waals surface area contributed by atoms with Gasteiger partial charge in [0.15, 0.2) is 12.7 Å². The Labute approximate surface area is 225 Å². The number of carbonyl (C=O) groups is 3. The predicted molar refractivity (Wildman–Crippen MR) is 133 cm³/mol. The molecule has 1 aliphatic carbocycles. The smallest absolute Gasteiger partial charge is 0.267 e. The molecule has 2 unspecified atom stereocenters. The van der Waals surface area contributed by atoms with Crippen LogP contribution in [0.5, 0.6) is 11.5 Å². The molecular weight excluding hydrogens is 550 g/mol. The van der Waals surface area contributed by atoms with Gasteiger partial charge in [-0.3, -0.25) is 14.4 Å². The number of rotatable bonds is 9. The SMILES string of the molecule is C=C(CCNC(=O)COc1ccc(Cl)c(F)c1)NC(=O)C1CN(C(=O)C2CC2(F)F)c2cc(Cl)ccc2O1. The summed E-state index contributed by atoms with van der Waals surface area (Å²) < 4.78 is 51.5. The number of benzene rings is 2. The Morgan fingerprint density at radius 2 is 1.92 bits per heavy atom. The van der Waals surface area contributed by atoms with Gasteiger partial charge in [0.05, 0.1) is 17.3 Å². The van der Waals surface area contributed by atoms with Crippen LogP contribution in [0.2, 0.25) is 10.0 Å². The van der Waals surface area contributed by atoms with E-state index in [2.05, 4.69) is 17.2 Å². The molecule has 3 amide bonds. The summed E-state index contributed by atoms with van der Waals surface area (Å²) in [5.41, 5.74) is 0.451. The highest BCUT2D eigenvalue weighted by Crippen LogP contribution is 2.51. The van der Waals surface area contributed by atoms with Crippen LogP contribution in [0, 0.1) is 11.7 Å². The number of hydrogen-bond acceptors (Lipinski definition) is 5. The first kappa shape index (κ1) is 27.6. The van der Waals surface area contributed by atoms with Gasteiger partial charge in [0.2, 0.25) is 5.91 Å². The van der Waals surface area contributed by atoms with Crippen LogP contribution < -0.4 is 25.0 Å². The molecule has 2 aliphatic rings. The Bertz CT molecular complexity index is 1290. The second kappa shape index (κ2) is 11.1. The van der Waals surface area contributed by atoms with Crippen LogP contribution in [0.3, 0.4) is 0 Å². The molecule has 202 valence electrons. The molecule has 2 atom stereocenters. The lowest BCUT2D eigenvalue weighted by atomic mass is 10.1. The number of alkyl halides is 2. The van der Waals surface area contributed by atoms with E-state index < -0.39 is 47.9 Å². The summed E-state index contributed by atoms with van der Waals surface area (Å²) >= 11 is 11.6. The molecule has 1 fully saturated rings. The van der Waals surface area contributed by atoms with Crippen molar-refractivity contribution < 1.29 is 37.0 Å². The van der Waals surface area contributed by atoms with Crippen molar-refractivity contribution in [2.24, 2.45) is 5.92 Å². The van der Waals surface area contributed by atoms with Crippen molar-refractivity contribution in [2.45, 2.75) is 24.9 Å². The highest BCUT2D eigenvalue weighted by Gasteiger charge is 2.62. The fraction of sp³-hybridized carbons (Fsp3) is 0.320. The molecule has 13 heteroatoms. The van der Waals surface area contributed by atoms with E-state index in [1.54, 1.807) is 0 Å². The summed E-state index contributed by atoms with van der Waals surface area (Å²) in [5.74, 6) is -6.89. The van der Waals surface area contributed by atoms with Gasteiger partial charge in [0, 0.05) is 36.2 Å². The minimum absolute atomic E-state index is 0.0710. The van der Waals surface area contributed by atoms with Crippen molar-refractivity contribution in [3.8, 4) is 11.5 Å². The van der Waals surface area contributed by atoms with Gasteiger partial charge in [-0.15, -0.1) is 0 Å². The number of halogens is 5. The fourth-order valence-corrected chi connectivity index (χ4v) is 3.99. The number of nitrogens with one attached hydrogen (secondary N) is 2. The zero-order valence-corrected chi connectivity index (χ0v) is 21.3. The Balaban J connectivity index is 1.27. The minimum atomic E-state index is -3.08. The highest BCUT2D eigenvalue weighted by molar-refractivity contribution is 6.31. The van der Waals surface area contributed by atoms with E-state index in [9.17, 15) is 27.6 Å². The molecule has 1 heterocycles. The van der Waals surface area contributed by atoms with Crippen LogP contribution in [0.25, 0.3) is 0 Å². The largest absolute Gasteiger partial charge is 0.484 e. The Hall–Kier alpha value is -3.44. The quantitative estimate of drug-likeness (QED) is 0.472. The van der Waals surface area contributed by atoms with Gasteiger partial charge in [-0.2, -0.15) is 0 Å². The van der Waals surface area contributed by atoms with Crippen LogP contribution in [-0.2, 0) is 14.4 Å². The van der Waals surface area contributed by atoms with Crippen molar-refractivity contribution in [2.75, 3.05) is 24.6 Å². The minimum Gasteiger partial charge on any atom is -0.484 e. The van der Waals surface area contributed by atoms with Crippen LogP contribution in [0.4, 0.5) is 18.9 Å². The monoisotopic (exact) mass is 571 g/mol. The number of ether oxygens (including phenoxy) is 2. The van der Waals surface area contributed by atoms with E-state index in [0.29, 0.717) is 0 Å². The van der Waals surface area contributed by atoms with Gasteiger partial charge in [0.1, 0.15) is 23.2 Å². The highest BCUT2D eigenvalue weighted by atomic mass is 35.5. The van der Waals surface area contributed by atoms with Crippen LogP contribution in [-0.4, -0.2) is 49.4 Å². The molecular formula is C25H22Cl2F3N3O5. The standard InChI is InChI=1S/C25H22Cl2F3N3O5/c1-13(6-7-31-22(34)12-37-15-3-4-17(27)18(28)9-15)32-23(35)21-11-33(24(36)16-10-25(16,29)30)19-8-14(26)2-5-20(19)38-21/h2-5,8-9,16,21H,1,6-7,10-12H2,(H,31,34)(H,32,35). The Kier molecular flexibility index (Phi) is 8.08. The number of hydrogen-bond donors (Lipinski definition) is 2. The van der Waals surface area contributed by atoms with Crippen molar-refractivity contribution in [3.63, 3.8) is 0 Å². The van der Waals surface area contributed by atoms with Gasteiger partial charge in [-0.05, 0) is 30.3 Å². The number of carbonyl (C=O) groups excluding carboxylic acids is 3. The average molecular weight is 572 g/mol. The van der Waals surface area contributed by atoms with Gasteiger partial charge in [-0.25, -0.2) is 13.2 Å². The first-order valence-corrected chi connectivity index (χ1v) is 12.2. The summed E-state index contributed by atoms with van der Waals surface area (Å²) in [5, 5.41) is 5.32. The van der Waals surface area contributed by atoms with Crippen molar-refractivity contribution in [1.29, 1.82) is 0 Å². The first-order chi connectivity index (χ1) is 17.9. The zero-order valence-electron chi connectivity index (χ0n) is 19.7. The van der Waals surface area contributed by atoms with E-state index in [4.69, 9.17) is 32.7 Å². The lowest BCUT2D eigenvalue weighted by Crippen LogP contribution is -2.51. The molecule has 8 nitrogen and oxygen atoms in total. The number of amides is 3. The van der Waals surface area contributed by atoms with E-state index in [0.717, 1.165) is 11.0 Å². The maximum absolute atomic E-state index is 13.6. The Morgan fingerprint density at radius 1 is 1.18 bits per heavy atom. The third kappa shape index (κ3) is 6.51. The maximum Gasteiger partial charge on any atom is 0.267 e. The second-order valence-electron chi connectivity index (χ2n) is 8.74. The summed E-state index contributed by atoms with van der Waals surface area (Å²) in [6, 6.07) is 8.13. The summed E-state index contributed by atoms with van der Waals surface area (Å²) in [6.45, 7) is 3.18. The summed E-state index contributed by atoms with van der Waals surface area (Å²) in [4.78, 5) is 38.6. The van der Waals surface area contributed by atoms with Gasteiger partial charge >= 0.3 is 0 Å². The lowest BCUT2D eigenvalue weighted by molar-refractivity contribution is -0.128. The van der Waals surface area contributed by atoms with Crippen LogP contribution in [0.15, 0.2) is 48.7 Å². The second-order valence-corrected chi connectivity index (χ2v) is 9.59. The number of fused-ring (bicyclic) bond motifs is 1. The molecule has 38 heavy (non-hydrogen) atoms. The molecule has 0 saturated heterocycles. The van der Waals surface area contributed by atoms with Crippen molar-refractivity contribution in [3.05, 3.63) is 64.5 Å². The topological polar surface area (TPSA) is 97.0 Å². The Morgan fingerprint density at radius 3 is 2.61 bits per heavy atom. The molecule has 2 aromatic rings. The maximum atomic E-state index is 13.6. The number of nitrogens with zero attached hydrogens (tertiary/aromatic N) is 1. The van der Waals surface area contributed by atoms with Crippen molar-refractivity contribution in [1.82, 2.24) is 10.6 Å². The fourth-order valence-electron chi connectivity index (χ4n) is 3.71. The van der Waals surface area contributed by atoms with E-state index >= 15 is 0 Å². The van der Waals surface area contributed by atoms with Gasteiger partial charge < -0.3 is 25.0 Å². The first-order valence-electron chi connectivity index (χ1n) is 11.4. The van der Waals surface area contributed by atoms with E-state index in [-0.39, 0.29) is 59.0 Å². The van der Waals surface area contributed by atoms with Crippen LogP contribution >= 0.6 is 23.2 Å². The molecule has 0 spiro atoms. The zero-order chi connectivity index (χ0) is 27.6. The molecule has 1 saturated carbocycles. The molecule has 2 N–H and O–H groups in total. The van der Waals surface area contributed by atoms with E-state index in [1.807, 2.05) is 0 Å². The lowest BCUT2D eigenvalue weighted by Gasteiger charge is -2.34. The third-order valence-corrected chi connectivity index (χ3v) is 6.36. The summed E-state index contributed by atoms with van der Waals surface area (Å²) in [6.07, 6.45) is -1.59. The van der Waals surface area contributed by atoms with Gasteiger partial charge in [0.25, 0.3) is 17.7 Å². The van der Waals surface area contributed by atoms with E-state index in [1.165, 1.54) is 30.3 Å².